The molecule has 10 heteroatoms. The van der Waals surface area contributed by atoms with Crippen molar-refractivity contribution >= 4 is 36.3 Å². The minimum atomic E-state index is -4.74. The molecule has 0 spiro atoms. The molecule has 5 nitrogen and oxygen atoms in total. The molecule has 1 N–H and O–H groups in total. The number of rotatable bonds is 3. The summed E-state index contributed by atoms with van der Waals surface area (Å²) >= 11 is 0. The Kier molecular flexibility index (Phi) is 4.33. The molecule has 2 rings (SSSR count). The van der Waals surface area contributed by atoms with E-state index >= 15 is 0 Å². The number of halogens is 3. The number of hydrogen-bond acceptors (Lipinski definition) is 5. The molecule has 2 aromatic rings. The number of aromatic nitrogens is 1. The van der Waals surface area contributed by atoms with Crippen LogP contribution in [0, 0.1) is 0 Å². The Morgan fingerprint density at radius 3 is 2.35 bits per heavy atom. The lowest BCUT2D eigenvalue weighted by molar-refractivity contribution is -0.136. The topological polar surface area (TPSA) is 84.1 Å². The highest BCUT2D eigenvalue weighted by Crippen LogP contribution is 2.38. The number of hydrogen-bond donors (Lipinski definition) is 1. The maximum atomic E-state index is 13.1. The van der Waals surface area contributed by atoms with E-state index in [0.717, 1.165) is 25.3 Å². The molecule has 23 heavy (non-hydrogen) atoms. The Hall–Kier alpha value is -1.81. The number of nitrogens with one attached hydrogen (secondary N) is 1. The van der Waals surface area contributed by atoms with Crippen molar-refractivity contribution in [1.29, 1.82) is 0 Å². The largest absolute Gasteiger partial charge is 0.418 e. The second kappa shape index (κ2) is 5.68. The van der Waals surface area contributed by atoms with Gasteiger partial charge in [-0.15, -0.1) is 0 Å². The van der Waals surface area contributed by atoms with Gasteiger partial charge >= 0.3 is 6.18 Å². The number of ketones is 1. The highest BCUT2D eigenvalue weighted by molar-refractivity contribution is 8.71. The van der Waals surface area contributed by atoms with Gasteiger partial charge < -0.3 is 4.98 Å². The highest BCUT2D eigenvalue weighted by atomic mass is 33.1. The van der Waals surface area contributed by atoms with Crippen molar-refractivity contribution in [2.45, 2.75) is 18.0 Å². The van der Waals surface area contributed by atoms with E-state index in [9.17, 15) is 31.2 Å². The van der Waals surface area contributed by atoms with Crippen LogP contribution in [0.15, 0.2) is 27.9 Å². The molecule has 1 aromatic carbocycles. The van der Waals surface area contributed by atoms with E-state index in [2.05, 4.69) is 0 Å². The summed E-state index contributed by atoms with van der Waals surface area (Å²) in [6, 6.07) is 3.07. The van der Waals surface area contributed by atoms with E-state index in [1.54, 1.807) is 0 Å². The fourth-order valence-electron chi connectivity index (χ4n) is 2.08. The summed E-state index contributed by atoms with van der Waals surface area (Å²) < 4.78 is 62.3. The summed E-state index contributed by atoms with van der Waals surface area (Å²) in [5, 5.41) is -0.153. The minimum absolute atomic E-state index is 0.153. The first kappa shape index (κ1) is 17.5. The van der Waals surface area contributed by atoms with Crippen molar-refractivity contribution in [2.75, 3.05) is 6.26 Å². The zero-order valence-corrected chi connectivity index (χ0v) is 13.4. The summed E-state index contributed by atoms with van der Waals surface area (Å²) in [7, 11) is -3.58. The van der Waals surface area contributed by atoms with Crippen LogP contribution in [0.3, 0.4) is 0 Å². The number of carbonyl (C=O) groups is 1. The standard InChI is InChI=1S/C13H10F3NO4S2/c1-6(18)9-11(22-23(2,20)21)7-4-3-5-8(13(14,15)16)10(7)17-12(9)19/h3-5H,1-2H3,(H,17,19). The number of H-pyrrole nitrogens is 1. The number of benzene rings is 1. The molecule has 0 aliphatic rings. The van der Waals surface area contributed by atoms with E-state index < -0.39 is 43.0 Å². The second-order valence-corrected chi connectivity index (χ2v) is 9.03. The zero-order valence-electron chi connectivity index (χ0n) is 11.8. The highest BCUT2D eigenvalue weighted by Gasteiger charge is 2.34. The monoisotopic (exact) mass is 365 g/mol. The maximum absolute atomic E-state index is 13.1. The normalized spacial score (nSPS) is 12.6. The Morgan fingerprint density at radius 2 is 1.87 bits per heavy atom. The third kappa shape index (κ3) is 3.58. The van der Waals surface area contributed by atoms with Crippen LogP contribution in [0.2, 0.25) is 0 Å². The number of carbonyl (C=O) groups excluding carboxylic acids is 1. The lowest BCUT2D eigenvalue weighted by Gasteiger charge is -2.13. The van der Waals surface area contributed by atoms with Crippen LogP contribution in [0.1, 0.15) is 22.8 Å². The number of fused-ring (bicyclic) bond motifs is 1. The molecule has 0 aliphatic carbocycles. The lowest BCUT2D eigenvalue weighted by Crippen LogP contribution is -2.20. The van der Waals surface area contributed by atoms with E-state index in [4.69, 9.17) is 0 Å². The van der Waals surface area contributed by atoms with Gasteiger partial charge in [-0.2, -0.15) is 13.2 Å². The van der Waals surface area contributed by atoms with Gasteiger partial charge in [-0.05, 0) is 13.0 Å². The Morgan fingerprint density at radius 1 is 1.26 bits per heavy atom. The van der Waals surface area contributed by atoms with Gasteiger partial charge in [-0.25, -0.2) is 8.42 Å². The van der Waals surface area contributed by atoms with Crippen molar-refractivity contribution in [1.82, 2.24) is 4.98 Å². The van der Waals surface area contributed by atoms with Crippen molar-refractivity contribution in [3.05, 3.63) is 39.7 Å². The SMILES string of the molecule is CC(=O)c1c(SS(C)(=O)=O)c2cccc(C(F)(F)F)c2[nH]c1=O. The average molecular weight is 365 g/mol. The van der Waals surface area contributed by atoms with Crippen molar-refractivity contribution in [3.8, 4) is 0 Å². The first-order chi connectivity index (χ1) is 10.4. The first-order valence-electron chi connectivity index (χ1n) is 6.08. The van der Waals surface area contributed by atoms with Gasteiger partial charge in [0.2, 0.25) is 8.87 Å². The summed E-state index contributed by atoms with van der Waals surface area (Å²) in [4.78, 5) is 25.4. The molecule has 0 amide bonds. The van der Waals surface area contributed by atoms with Gasteiger partial charge in [0.1, 0.15) is 0 Å². The molecule has 124 valence electrons. The molecule has 0 fully saturated rings. The number of pyridine rings is 1. The molecule has 0 bridgehead atoms. The molecular weight excluding hydrogens is 355 g/mol. The Balaban J connectivity index is 3.02. The number of alkyl halides is 3. The molecule has 1 aromatic heterocycles. The van der Waals surface area contributed by atoms with Crippen LogP contribution < -0.4 is 5.56 Å². The predicted octanol–water partition coefficient (Wildman–Crippen LogP) is 2.80. The van der Waals surface area contributed by atoms with Crippen LogP contribution in [0.25, 0.3) is 10.9 Å². The Bertz CT molecular complexity index is 962. The summed E-state index contributed by atoms with van der Waals surface area (Å²) in [5.74, 6) is -0.739. The smallest absolute Gasteiger partial charge is 0.321 e. The molecule has 0 atom stereocenters. The van der Waals surface area contributed by atoms with Gasteiger partial charge in [0, 0.05) is 27.3 Å². The fourth-order valence-corrected chi connectivity index (χ4v) is 4.39. The summed E-state index contributed by atoms with van der Waals surface area (Å²) in [6.07, 6.45) is -3.91. The maximum Gasteiger partial charge on any atom is 0.418 e. The fraction of sp³-hybridized carbons (Fsp3) is 0.231. The van der Waals surface area contributed by atoms with E-state index in [1.807, 2.05) is 4.98 Å². The van der Waals surface area contributed by atoms with Gasteiger partial charge in [-0.1, -0.05) is 12.1 Å². The van der Waals surface area contributed by atoms with Crippen LogP contribution in [0.5, 0.6) is 0 Å². The zero-order chi connectivity index (χ0) is 17.6. The Labute approximate surface area is 132 Å². The molecular formula is C13H10F3NO4S2. The number of Topliss-reactive ketones (excluding diaryl/α,β-unsaturated/α-hetero) is 1. The average Bonchev–Trinajstić information content (AvgIpc) is 2.34. The molecule has 0 unspecified atom stereocenters. The van der Waals surface area contributed by atoms with Crippen LogP contribution in [-0.2, 0) is 15.0 Å². The molecule has 0 saturated carbocycles. The molecule has 0 saturated heterocycles. The predicted molar refractivity (Wildman–Crippen MR) is 80.3 cm³/mol. The number of aromatic amines is 1. The molecule has 0 radical (unpaired) electrons. The van der Waals surface area contributed by atoms with Gasteiger partial charge in [0.25, 0.3) is 5.56 Å². The summed E-state index contributed by atoms with van der Waals surface area (Å²) in [6.45, 7) is 1.04. The van der Waals surface area contributed by atoms with Crippen molar-refractivity contribution in [2.24, 2.45) is 0 Å². The molecule has 0 aliphatic heterocycles. The minimum Gasteiger partial charge on any atom is -0.321 e. The third-order valence-corrected chi connectivity index (χ3v) is 5.20. The van der Waals surface area contributed by atoms with Crippen LogP contribution >= 0.6 is 10.8 Å². The lowest BCUT2D eigenvalue weighted by atomic mass is 10.1. The third-order valence-electron chi connectivity index (χ3n) is 2.89. The van der Waals surface area contributed by atoms with Crippen LogP contribution in [-0.4, -0.2) is 25.4 Å². The van der Waals surface area contributed by atoms with Crippen molar-refractivity contribution < 1.29 is 26.4 Å². The quantitative estimate of drug-likeness (QED) is 0.668. The van der Waals surface area contributed by atoms with Gasteiger partial charge in [0.15, 0.2) is 5.78 Å². The van der Waals surface area contributed by atoms with Crippen LogP contribution in [0.4, 0.5) is 13.2 Å². The molecule has 1 heterocycles. The first-order valence-corrected chi connectivity index (χ1v) is 9.31. The van der Waals surface area contributed by atoms with Crippen molar-refractivity contribution in [3.63, 3.8) is 0 Å². The van der Waals surface area contributed by atoms with E-state index in [1.165, 1.54) is 6.07 Å². The van der Waals surface area contributed by atoms with E-state index in [-0.39, 0.29) is 21.1 Å². The second-order valence-electron chi connectivity index (χ2n) is 4.73. The summed E-state index contributed by atoms with van der Waals surface area (Å²) in [5.41, 5.74) is -3.21. The van der Waals surface area contributed by atoms with E-state index in [0.29, 0.717) is 0 Å². The van der Waals surface area contributed by atoms with Gasteiger partial charge in [-0.3, -0.25) is 9.59 Å². The van der Waals surface area contributed by atoms with Gasteiger partial charge in [0.05, 0.1) is 16.6 Å². The number of para-hydroxylation sites is 1.